The molecule has 0 aromatic rings. The smallest absolute Gasteiger partial charge is 0.0658 e. The highest BCUT2D eigenvalue weighted by Crippen LogP contribution is 2.25. The predicted octanol–water partition coefficient (Wildman–Crippen LogP) is 2.12. The lowest BCUT2D eigenvalue weighted by atomic mass is 9.87. The van der Waals surface area contributed by atoms with E-state index in [0.717, 1.165) is 12.3 Å². The average molecular weight is 180 g/mol. The lowest BCUT2D eigenvalue weighted by molar-refractivity contribution is 0.340. The van der Waals surface area contributed by atoms with Crippen LogP contribution in [-0.4, -0.2) is 25.0 Å². The van der Waals surface area contributed by atoms with Crippen LogP contribution in [0.2, 0.25) is 0 Å². The van der Waals surface area contributed by atoms with Gasteiger partial charge in [0.25, 0.3) is 0 Å². The fourth-order valence-electron chi connectivity index (χ4n) is 2.05. The van der Waals surface area contributed by atoms with Gasteiger partial charge >= 0.3 is 0 Å². The zero-order chi connectivity index (χ0) is 9.84. The van der Waals surface area contributed by atoms with Crippen molar-refractivity contribution >= 4 is 0 Å². The summed E-state index contributed by atoms with van der Waals surface area (Å²) in [6.45, 7) is 6.69. The fraction of sp³-hybridized carbons (Fsp3) is 0.909. The summed E-state index contributed by atoms with van der Waals surface area (Å²) in [5, 5.41) is 8.96. The van der Waals surface area contributed by atoms with Crippen molar-refractivity contribution in [2.45, 2.75) is 26.7 Å². The second-order valence-electron chi connectivity index (χ2n) is 4.63. The molecule has 2 atom stereocenters. The quantitative estimate of drug-likeness (QED) is 0.665. The zero-order valence-electron chi connectivity index (χ0n) is 8.95. The highest BCUT2D eigenvalue weighted by atomic mass is 15.1. The summed E-state index contributed by atoms with van der Waals surface area (Å²) in [6.07, 6.45) is 2.37. The molecule has 0 aromatic heterocycles. The minimum Gasteiger partial charge on any atom is -0.306 e. The monoisotopic (exact) mass is 180 g/mol. The molecule has 0 radical (unpaired) electrons. The van der Waals surface area contributed by atoms with E-state index in [-0.39, 0.29) is 5.92 Å². The van der Waals surface area contributed by atoms with Crippen molar-refractivity contribution in [1.29, 1.82) is 5.26 Å². The summed E-state index contributed by atoms with van der Waals surface area (Å²) in [6, 6.07) is 2.42. The topological polar surface area (TPSA) is 27.0 Å². The van der Waals surface area contributed by atoms with Gasteiger partial charge in [0.1, 0.15) is 0 Å². The molecule has 74 valence electrons. The molecule has 0 spiro atoms. The molecule has 13 heavy (non-hydrogen) atoms. The number of likely N-dealkylation sites (tertiary alicyclic amines) is 1. The fourth-order valence-corrected chi connectivity index (χ4v) is 2.05. The molecule has 0 bridgehead atoms. The van der Waals surface area contributed by atoms with Gasteiger partial charge in [0, 0.05) is 12.5 Å². The SMILES string of the molecule is CC(C)C(C#N)CC1CCN(C)C1. The molecule has 1 heterocycles. The third-order valence-corrected chi connectivity index (χ3v) is 3.05. The Labute approximate surface area is 81.5 Å². The van der Waals surface area contributed by atoms with E-state index in [1.807, 2.05) is 0 Å². The second-order valence-corrected chi connectivity index (χ2v) is 4.63. The van der Waals surface area contributed by atoms with Crippen LogP contribution in [0, 0.1) is 29.1 Å². The third-order valence-electron chi connectivity index (χ3n) is 3.05. The molecule has 1 fully saturated rings. The van der Waals surface area contributed by atoms with E-state index in [1.54, 1.807) is 0 Å². The van der Waals surface area contributed by atoms with Crippen molar-refractivity contribution in [2.24, 2.45) is 17.8 Å². The number of nitrogens with zero attached hydrogens (tertiary/aromatic N) is 2. The van der Waals surface area contributed by atoms with Crippen molar-refractivity contribution < 1.29 is 0 Å². The first-order valence-corrected chi connectivity index (χ1v) is 5.21. The molecule has 2 heteroatoms. The Morgan fingerprint density at radius 3 is 2.62 bits per heavy atom. The van der Waals surface area contributed by atoms with E-state index in [0.29, 0.717) is 5.92 Å². The maximum atomic E-state index is 8.96. The molecule has 2 unspecified atom stereocenters. The average Bonchev–Trinajstić information content (AvgIpc) is 2.46. The van der Waals surface area contributed by atoms with Crippen LogP contribution in [0.25, 0.3) is 0 Å². The van der Waals surface area contributed by atoms with E-state index in [9.17, 15) is 0 Å². The van der Waals surface area contributed by atoms with Crippen LogP contribution in [0.15, 0.2) is 0 Å². The highest BCUT2D eigenvalue weighted by molar-refractivity contribution is 4.88. The Balaban J connectivity index is 2.35. The molecule has 1 rings (SSSR count). The number of hydrogen-bond acceptors (Lipinski definition) is 2. The lowest BCUT2D eigenvalue weighted by Crippen LogP contribution is -2.17. The zero-order valence-corrected chi connectivity index (χ0v) is 8.95. The summed E-state index contributed by atoms with van der Waals surface area (Å²) in [5.74, 6) is 1.53. The molecule has 0 saturated carbocycles. The van der Waals surface area contributed by atoms with Crippen LogP contribution in [0.4, 0.5) is 0 Å². The van der Waals surface area contributed by atoms with Crippen molar-refractivity contribution in [1.82, 2.24) is 4.90 Å². The summed E-state index contributed by atoms with van der Waals surface area (Å²) < 4.78 is 0. The minimum atomic E-state index is 0.261. The van der Waals surface area contributed by atoms with Crippen molar-refractivity contribution in [3.8, 4) is 6.07 Å². The van der Waals surface area contributed by atoms with Gasteiger partial charge in [-0.05, 0) is 38.3 Å². The van der Waals surface area contributed by atoms with Crippen LogP contribution >= 0.6 is 0 Å². The van der Waals surface area contributed by atoms with Crippen molar-refractivity contribution in [2.75, 3.05) is 20.1 Å². The van der Waals surface area contributed by atoms with E-state index < -0.39 is 0 Å². The van der Waals surface area contributed by atoms with Gasteiger partial charge in [-0.25, -0.2) is 0 Å². The molecule has 0 aliphatic carbocycles. The van der Waals surface area contributed by atoms with Gasteiger partial charge in [-0.2, -0.15) is 5.26 Å². The minimum absolute atomic E-state index is 0.261. The molecular formula is C11H20N2. The molecule has 0 amide bonds. The normalized spacial score (nSPS) is 26.2. The summed E-state index contributed by atoms with van der Waals surface area (Å²) in [7, 11) is 2.16. The van der Waals surface area contributed by atoms with Gasteiger partial charge < -0.3 is 4.90 Å². The second kappa shape index (κ2) is 4.62. The summed E-state index contributed by atoms with van der Waals surface area (Å²) in [5.41, 5.74) is 0. The van der Waals surface area contributed by atoms with Crippen LogP contribution in [-0.2, 0) is 0 Å². The first-order chi connectivity index (χ1) is 6.13. The molecule has 1 aliphatic heterocycles. The summed E-state index contributed by atoms with van der Waals surface area (Å²) >= 11 is 0. The Morgan fingerprint density at radius 2 is 2.23 bits per heavy atom. The molecule has 0 aromatic carbocycles. The van der Waals surface area contributed by atoms with Crippen LogP contribution in [0.3, 0.4) is 0 Å². The Morgan fingerprint density at radius 1 is 1.54 bits per heavy atom. The highest BCUT2D eigenvalue weighted by Gasteiger charge is 2.24. The molecule has 2 nitrogen and oxygen atoms in total. The van der Waals surface area contributed by atoms with E-state index in [1.165, 1.54) is 19.5 Å². The maximum absolute atomic E-state index is 8.96. The number of hydrogen-bond donors (Lipinski definition) is 0. The van der Waals surface area contributed by atoms with Gasteiger partial charge in [0.05, 0.1) is 6.07 Å². The largest absolute Gasteiger partial charge is 0.306 e. The van der Waals surface area contributed by atoms with Gasteiger partial charge in [-0.1, -0.05) is 13.8 Å². The van der Waals surface area contributed by atoms with Crippen LogP contribution in [0.1, 0.15) is 26.7 Å². The predicted molar refractivity (Wildman–Crippen MR) is 54.2 cm³/mol. The molecule has 0 N–H and O–H groups in total. The molecule has 1 aliphatic rings. The maximum Gasteiger partial charge on any atom is 0.0658 e. The Hall–Kier alpha value is -0.550. The number of nitriles is 1. The number of rotatable bonds is 3. The van der Waals surface area contributed by atoms with Crippen molar-refractivity contribution in [3.05, 3.63) is 0 Å². The van der Waals surface area contributed by atoms with Gasteiger partial charge in [-0.3, -0.25) is 0 Å². The van der Waals surface area contributed by atoms with Crippen LogP contribution in [0.5, 0.6) is 0 Å². The van der Waals surface area contributed by atoms with Crippen LogP contribution < -0.4 is 0 Å². The van der Waals surface area contributed by atoms with Crippen molar-refractivity contribution in [3.63, 3.8) is 0 Å². The third kappa shape index (κ3) is 3.00. The first kappa shape index (κ1) is 10.5. The standard InChI is InChI=1S/C11H20N2/c1-9(2)11(7-12)6-10-4-5-13(3)8-10/h9-11H,4-6,8H2,1-3H3. The first-order valence-electron chi connectivity index (χ1n) is 5.21. The van der Waals surface area contributed by atoms with Gasteiger partial charge in [0.15, 0.2) is 0 Å². The van der Waals surface area contributed by atoms with E-state index in [2.05, 4.69) is 31.9 Å². The van der Waals surface area contributed by atoms with Gasteiger partial charge in [0.2, 0.25) is 0 Å². The van der Waals surface area contributed by atoms with E-state index in [4.69, 9.17) is 5.26 Å². The van der Waals surface area contributed by atoms with Gasteiger partial charge in [-0.15, -0.1) is 0 Å². The Bertz CT molecular complexity index is 193. The van der Waals surface area contributed by atoms with E-state index >= 15 is 0 Å². The lowest BCUT2D eigenvalue weighted by Gasteiger charge is -2.17. The summed E-state index contributed by atoms with van der Waals surface area (Å²) in [4.78, 5) is 2.36. The molecular weight excluding hydrogens is 160 g/mol. The molecule has 1 saturated heterocycles. The Kier molecular flexibility index (Phi) is 3.74.